The number of carbonyl (C=O) groups excluding carboxylic acids is 1. The van der Waals surface area contributed by atoms with Gasteiger partial charge in [-0.2, -0.15) is 13.2 Å². The minimum absolute atomic E-state index is 0.154. The van der Waals surface area contributed by atoms with Crippen LogP contribution in [0.3, 0.4) is 0 Å². The van der Waals surface area contributed by atoms with E-state index in [2.05, 4.69) is 0 Å². The van der Waals surface area contributed by atoms with Crippen molar-refractivity contribution < 1.29 is 23.1 Å². The quantitative estimate of drug-likeness (QED) is 0.923. The predicted octanol–water partition coefficient (Wildman–Crippen LogP) is 2.26. The fourth-order valence-electron chi connectivity index (χ4n) is 2.43. The first-order chi connectivity index (χ1) is 9.36. The highest BCUT2D eigenvalue weighted by Crippen LogP contribution is 2.51. The molecule has 0 bridgehead atoms. The van der Waals surface area contributed by atoms with E-state index in [1.807, 2.05) is 0 Å². The van der Waals surface area contributed by atoms with Crippen LogP contribution in [0, 0.1) is 5.92 Å². The number of hydrogen-bond donors (Lipinski definition) is 1. The largest absolute Gasteiger partial charge is 0.416 e. The second-order valence-electron chi connectivity index (χ2n) is 5.02. The molecule has 20 heavy (non-hydrogen) atoms. The van der Waals surface area contributed by atoms with Gasteiger partial charge in [0.25, 0.3) is 0 Å². The number of benzene rings is 1. The summed E-state index contributed by atoms with van der Waals surface area (Å²) in [5, 5.41) is 8.78. The molecule has 3 nitrogen and oxygen atoms in total. The van der Waals surface area contributed by atoms with Crippen molar-refractivity contribution in [2.24, 2.45) is 5.92 Å². The van der Waals surface area contributed by atoms with Gasteiger partial charge in [-0.1, -0.05) is 18.2 Å². The molecule has 0 saturated heterocycles. The third kappa shape index (κ3) is 2.95. The number of amides is 1. The lowest BCUT2D eigenvalue weighted by molar-refractivity contribution is -0.138. The smallest absolute Gasteiger partial charge is 0.395 e. The summed E-state index contributed by atoms with van der Waals surface area (Å²) in [5.41, 5.74) is -0.471. The van der Waals surface area contributed by atoms with E-state index in [0.717, 1.165) is 6.07 Å². The number of likely N-dealkylation sites (N-methyl/N-ethyl adjacent to an activating group) is 1. The van der Waals surface area contributed by atoms with Gasteiger partial charge in [0.15, 0.2) is 0 Å². The summed E-state index contributed by atoms with van der Waals surface area (Å²) in [7, 11) is 1.55. The van der Waals surface area contributed by atoms with Crippen LogP contribution in [-0.4, -0.2) is 36.1 Å². The van der Waals surface area contributed by atoms with E-state index in [0.29, 0.717) is 6.42 Å². The maximum absolute atomic E-state index is 12.9. The van der Waals surface area contributed by atoms with Gasteiger partial charge in [0.05, 0.1) is 12.2 Å². The standard InChI is InChI=1S/C14H16F3NO2/c1-18(6-7-19)13(20)11-8-10(11)9-4-2-3-5-12(9)14(15,16)17/h2-5,10-11,19H,6-8H2,1H3. The van der Waals surface area contributed by atoms with Gasteiger partial charge in [0.1, 0.15) is 0 Å². The Morgan fingerprint density at radius 3 is 2.65 bits per heavy atom. The van der Waals surface area contributed by atoms with Gasteiger partial charge in [-0.25, -0.2) is 0 Å². The van der Waals surface area contributed by atoms with Crippen LogP contribution in [0.1, 0.15) is 23.5 Å². The maximum Gasteiger partial charge on any atom is 0.416 e. The first kappa shape index (κ1) is 14.8. The molecule has 2 unspecified atom stereocenters. The summed E-state index contributed by atoms with van der Waals surface area (Å²) >= 11 is 0. The normalized spacial score (nSPS) is 21.6. The number of hydrogen-bond acceptors (Lipinski definition) is 2. The van der Waals surface area contributed by atoms with Gasteiger partial charge in [-0.05, 0) is 24.0 Å². The Morgan fingerprint density at radius 1 is 1.40 bits per heavy atom. The van der Waals surface area contributed by atoms with Gasteiger partial charge in [0.2, 0.25) is 5.91 Å². The number of aliphatic hydroxyl groups excluding tert-OH is 1. The summed E-state index contributed by atoms with van der Waals surface area (Å²) < 4.78 is 38.7. The Hall–Kier alpha value is -1.56. The van der Waals surface area contributed by atoms with Gasteiger partial charge < -0.3 is 10.0 Å². The molecule has 1 amide bonds. The van der Waals surface area contributed by atoms with Crippen LogP contribution in [-0.2, 0) is 11.0 Å². The molecular formula is C14H16F3NO2. The van der Waals surface area contributed by atoms with E-state index >= 15 is 0 Å². The van der Waals surface area contributed by atoms with Crippen LogP contribution >= 0.6 is 0 Å². The van der Waals surface area contributed by atoms with Gasteiger partial charge in [-0.3, -0.25) is 4.79 Å². The van der Waals surface area contributed by atoms with Crippen LogP contribution in [0.5, 0.6) is 0 Å². The van der Waals surface area contributed by atoms with Crippen LogP contribution < -0.4 is 0 Å². The number of alkyl halides is 3. The molecule has 2 atom stereocenters. The van der Waals surface area contributed by atoms with Crippen LogP contribution in [0.2, 0.25) is 0 Å². The zero-order valence-corrected chi connectivity index (χ0v) is 11.0. The molecule has 1 fully saturated rings. The molecule has 0 aliphatic heterocycles. The molecule has 0 heterocycles. The first-order valence-electron chi connectivity index (χ1n) is 6.38. The van der Waals surface area contributed by atoms with Crippen molar-refractivity contribution in [1.82, 2.24) is 4.90 Å². The molecule has 1 aromatic rings. The first-order valence-corrected chi connectivity index (χ1v) is 6.38. The highest BCUT2D eigenvalue weighted by Gasteiger charge is 2.48. The summed E-state index contributed by atoms with van der Waals surface area (Å²) in [6, 6.07) is 5.39. The van der Waals surface area contributed by atoms with E-state index in [1.54, 1.807) is 13.1 Å². The molecule has 2 rings (SSSR count). The lowest BCUT2D eigenvalue weighted by Crippen LogP contribution is -2.31. The lowest BCUT2D eigenvalue weighted by Gasteiger charge is -2.16. The molecular weight excluding hydrogens is 271 g/mol. The average molecular weight is 287 g/mol. The third-order valence-corrected chi connectivity index (χ3v) is 3.58. The number of halogens is 3. The van der Waals surface area contributed by atoms with E-state index in [4.69, 9.17) is 5.11 Å². The summed E-state index contributed by atoms with van der Waals surface area (Å²) in [6.07, 6.45) is -3.97. The van der Waals surface area contributed by atoms with Crippen molar-refractivity contribution in [3.63, 3.8) is 0 Å². The van der Waals surface area contributed by atoms with E-state index in [1.165, 1.54) is 17.0 Å². The fourth-order valence-corrected chi connectivity index (χ4v) is 2.43. The summed E-state index contributed by atoms with van der Waals surface area (Å²) in [5.74, 6) is -0.988. The Morgan fingerprint density at radius 2 is 2.05 bits per heavy atom. The number of nitrogens with zero attached hydrogens (tertiary/aromatic N) is 1. The molecule has 0 aromatic heterocycles. The SMILES string of the molecule is CN(CCO)C(=O)C1CC1c1ccccc1C(F)(F)F. The second kappa shape index (κ2) is 5.44. The van der Waals surface area contributed by atoms with Gasteiger partial charge >= 0.3 is 6.18 Å². The van der Waals surface area contributed by atoms with Crippen molar-refractivity contribution in [2.45, 2.75) is 18.5 Å². The van der Waals surface area contributed by atoms with Crippen molar-refractivity contribution >= 4 is 5.91 Å². The number of rotatable bonds is 4. The van der Waals surface area contributed by atoms with Crippen molar-refractivity contribution in [1.29, 1.82) is 0 Å². The monoisotopic (exact) mass is 287 g/mol. The molecule has 1 aliphatic rings. The predicted molar refractivity (Wildman–Crippen MR) is 67.0 cm³/mol. The molecule has 1 aliphatic carbocycles. The fraction of sp³-hybridized carbons (Fsp3) is 0.500. The summed E-state index contributed by atoms with van der Waals surface area (Å²) in [6.45, 7) is 0.0434. The Labute approximate surface area is 115 Å². The number of aliphatic hydroxyl groups is 1. The zero-order valence-electron chi connectivity index (χ0n) is 11.0. The molecule has 1 N–H and O–H groups in total. The molecule has 1 aromatic carbocycles. The van der Waals surface area contributed by atoms with E-state index < -0.39 is 17.7 Å². The van der Waals surface area contributed by atoms with Gasteiger partial charge in [0, 0.05) is 19.5 Å². The minimum atomic E-state index is -4.40. The lowest BCUT2D eigenvalue weighted by atomic mass is 10.0. The van der Waals surface area contributed by atoms with Crippen molar-refractivity contribution in [3.8, 4) is 0 Å². The molecule has 0 spiro atoms. The Balaban J connectivity index is 2.15. The maximum atomic E-state index is 12.9. The highest BCUT2D eigenvalue weighted by atomic mass is 19.4. The topological polar surface area (TPSA) is 40.5 Å². The molecule has 6 heteroatoms. The Kier molecular flexibility index (Phi) is 4.04. The van der Waals surface area contributed by atoms with Crippen molar-refractivity contribution in [2.75, 3.05) is 20.2 Å². The third-order valence-electron chi connectivity index (χ3n) is 3.58. The minimum Gasteiger partial charge on any atom is -0.395 e. The highest BCUT2D eigenvalue weighted by molar-refractivity contribution is 5.83. The van der Waals surface area contributed by atoms with E-state index in [-0.39, 0.29) is 30.5 Å². The molecule has 0 radical (unpaired) electrons. The number of carbonyl (C=O) groups is 1. The second-order valence-corrected chi connectivity index (χ2v) is 5.02. The van der Waals surface area contributed by atoms with Crippen LogP contribution in [0.15, 0.2) is 24.3 Å². The zero-order chi connectivity index (χ0) is 14.9. The molecule has 1 saturated carbocycles. The Bertz CT molecular complexity index is 501. The summed E-state index contributed by atoms with van der Waals surface area (Å²) in [4.78, 5) is 13.3. The molecule has 110 valence electrons. The van der Waals surface area contributed by atoms with Crippen molar-refractivity contribution in [3.05, 3.63) is 35.4 Å². The van der Waals surface area contributed by atoms with Gasteiger partial charge in [-0.15, -0.1) is 0 Å². The van der Waals surface area contributed by atoms with Crippen LogP contribution in [0.4, 0.5) is 13.2 Å². The average Bonchev–Trinajstić information content (AvgIpc) is 3.17. The van der Waals surface area contributed by atoms with E-state index in [9.17, 15) is 18.0 Å². The van der Waals surface area contributed by atoms with Crippen LogP contribution in [0.25, 0.3) is 0 Å².